The maximum atomic E-state index is 11.2. The summed E-state index contributed by atoms with van der Waals surface area (Å²) in [5, 5.41) is 9.23. The van der Waals surface area contributed by atoms with Crippen molar-refractivity contribution in [3.05, 3.63) is 65.7 Å². The molecular weight excluding hydrogens is 300 g/mol. The summed E-state index contributed by atoms with van der Waals surface area (Å²) in [5.74, 6) is -0.119. The van der Waals surface area contributed by atoms with E-state index < -0.39 is 5.97 Å². The van der Waals surface area contributed by atoms with E-state index in [1.54, 1.807) is 0 Å². The summed E-state index contributed by atoms with van der Waals surface area (Å²) in [6.07, 6.45) is 1.06. The van der Waals surface area contributed by atoms with E-state index in [9.17, 15) is 9.90 Å². The first kappa shape index (κ1) is 18.1. The molecule has 2 aromatic carbocycles. The first-order chi connectivity index (χ1) is 11.3. The van der Waals surface area contributed by atoms with Crippen LogP contribution in [-0.2, 0) is 4.79 Å². The van der Waals surface area contributed by atoms with Crippen molar-refractivity contribution in [2.24, 2.45) is 5.41 Å². The Morgan fingerprint density at radius 3 is 2.12 bits per heavy atom. The molecule has 0 fully saturated rings. The fourth-order valence-corrected chi connectivity index (χ4v) is 2.56. The third-order valence-electron chi connectivity index (χ3n) is 3.98. The molecule has 0 heterocycles. The lowest BCUT2D eigenvalue weighted by molar-refractivity contribution is -0.137. The molecule has 0 saturated carbocycles. The van der Waals surface area contributed by atoms with Gasteiger partial charge in [0.05, 0.1) is 13.0 Å². The van der Waals surface area contributed by atoms with E-state index in [2.05, 4.69) is 20.8 Å². The SMILES string of the molecule is CC(C)(C)CCOc1ccc(C(CC(=O)O)c2ccccc2)cc1. The van der Waals surface area contributed by atoms with Crippen molar-refractivity contribution >= 4 is 5.97 Å². The predicted molar refractivity (Wildman–Crippen MR) is 96.5 cm³/mol. The van der Waals surface area contributed by atoms with Crippen LogP contribution in [0.1, 0.15) is 50.7 Å². The van der Waals surface area contributed by atoms with Crippen molar-refractivity contribution < 1.29 is 14.6 Å². The zero-order chi connectivity index (χ0) is 17.6. The Morgan fingerprint density at radius 1 is 1.00 bits per heavy atom. The summed E-state index contributed by atoms with van der Waals surface area (Å²) in [5.41, 5.74) is 2.26. The van der Waals surface area contributed by atoms with E-state index in [1.165, 1.54) is 0 Å². The molecule has 24 heavy (non-hydrogen) atoms. The number of carboxylic acid groups (broad SMARTS) is 1. The summed E-state index contributed by atoms with van der Waals surface area (Å²) in [7, 11) is 0. The van der Waals surface area contributed by atoms with E-state index in [4.69, 9.17) is 4.74 Å². The molecule has 3 heteroatoms. The monoisotopic (exact) mass is 326 g/mol. The quantitative estimate of drug-likeness (QED) is 0.769. The molecule has 2 rings (SSSR count). The number of rotatable bonds is 7. The van der Waals surface area contributed by atoms with Crippen LogP contribution in [0.25, 0.3) is 0 Å². The zero-order valence-electron chi connectivity index (χ0n) is 14.7. The fourth-order valence-electron chi connectivity index (χ4n) is 2.56. The van der Waals surface area contributed by atoms with Gasteiger partial charge in [0, 0.05) is 5.92 Å². The Labute approximate surface area is 144 Å². The van der Waals surface area contributed by atoms with Crippen LogP contribution in [0.5, 0.6) is 5.75 Å². The lowest BCUT2D eigenvalue weighted by Gasteiger charge is -2.19. The molecule has 0 aliphatic heterocycles. The highest BCUT2D eigenvalue weighted by atomic mass is 16.5. The topological polar surface area (TPSA) is 46.5 Å². The molecule has 0 saturated heterocycles. The third kappa shape index (κ3) is 5.73. The van der Waals surface area contributed by atoms with Gasteiger partial charge in [-0.05, 0) is 35.1 Å². The lowest BCUT2D eigenvalue weighted by atomic mass is 9.88. The van der Waals surface area contributed by atoms with Crippen LogP contribution >= 0.6 is 0 Å². The summed E-state index contributed by atoms with van der Waals surface area (Å²) in [6, 6.07) is 17.5. The second kappa shape index (κ2) is 8.00. The van der Waals surface area contributed by atoms with E-state index in [0.717, 1.165) is 23.3 Å². The summed E-state index contributed by atoms with van der Waals surface area (Å²) in [4.78, 5) is 11.2. The Morgan fingerprint density at radius 2 is 1.58 bits per heavy atom. The molecule has 1 atom stereocenters. The Balaban J connectivity index is 2.09. The van der Waals surface area contributed by atoms with Gasteiger partial charge >= 0.3 is 5.97 Å². The van der Waals surface area contributed by atoms with Crippen LogP contribution in [0.2, 0.25) is 0 Å². The van der Waals surface area contributed by atoms with Gasteiger partial charge in [-0.2, -0.15) is 0 Å². The highest BCUT2D eigenvalue weighted by Crippen LogP contribution is 2.29. The predicted octanol–water partition coefficient (Wildman–Crippen LogP) is 5.11. The average molecular weight is 326 g/mol. The third-order valence-corrected chi connectivity index (χ3v) is 3.98. The number of aliphatic carboxylic acids is 1. The molecular formula is C21H26O3. The smallest absolute Gasteiger partial charge is 0.304 e. The largest absolute Gasteiger partial charge is 0.494 e. The van der Waals surface area contributed by atoms with Crippen molar-refractivity contribution in [1.82, 2.24) is 0 Å². The molecule has 3 nitrogen and oxygen atoms in total. The molecule has 0 aliphatic carbocycles. The second-order valence-electron chi connectivity index (χ2n) is 7.29. The number of carbonyl (C=O) groups is 1. The molecule has 0 bridgehead atoms. The van der Waals surface area contributed by atoms with Crippen molar-refractivity contribution in [3.8, 4) is 5.75 Å². The number of benzene rings is 2. The number of hydrogen-bond acceptors (Lipinski definition) is 2. The second-order valence-corrected chi connectivity index (χ2v) is 7.29. The maximum Gasteiger partial charge on any atom is 0.304 e. The molecule has 1 N–H and O–H groups in total. The molecule has 1 unspecified atom stereocenters. The Hall–Kier alpha value is -2.29. The maximum absolute atomic E-state index is 11.2. The van der Waals surface area contributed by atoms with Crippen LogP contribution in [0.4, 0.5) is 0 Å². The lowest BCUT2D eigenvalue weighted by Crippen LogP contribution is -2.11. The molecule has 128 valence electrons. The molecule has 0 radical (unpaired) electrons. The number of hydrogen-bond donors (Lipinski definition) is 1. The van der Waals surface area contributed by atoms with E-state index in [0.29, 0.717) is 6.61 Å². The summed E-state index contributed by atoms with van der Waals surface area (Å²) in [6.45, 7) is 7.25. The van der Waals surface area contributed by atoms with Crippen molar-refractivity contribution in [2.45, 2.75) is 39.5 Å². The van der Waals surface area contributed by atoms with Gasteiger partial charge in [0.15, 0.2) is 0 Å². The van der Waals surface area contributed by atoms with Gasteiger partial charge in [-0.3, -0.25) is 4.79 Å². The Kier molecular flexibility index (Phi) is 6.02. The van der Waals surface area contributed by atoms with E-state index in [1.807, 2.05) is 54.6 Å². The van der Waals surface area contributed by atoms with Gasteiger partial charge < -0.3 is 9.84 Å². The number of ether oxygens (including phenoxy) is 1. The summed E-state index contributed by atoms with van der Waals surface area (Å²) >= 11 is 0. The van der Waals surface area contributed by atoms with Gasteiger partial charge in [0.25, 0.3) is 0 Å². The molecule has 0 aliphatic rings. The highest BCUT2D eigenvalue weighted by Gasteiger charge is 2.18. The highest BCUT2D eigenvalue weighted by molar-refractivity contribution is 5.69. The Bertz CT molecular complexity index is 639. The van der Waals surface area contributed by atoms with Crippen LogP contribution in [0.15, 0.2) is 54.6 Å². The molecule has 0 aromatic heterocycles. The average Bonchev–Trinajstić information content (AvgIpc) is 2.53. The van der Waals surface area contributed by atoms with Crippen LogP contribution < -0.4 is 4.74 Å². The molecule has 0 amide bonds. The number of carboxylic acids is 1. The normalized spacial score (nSPS) is 12.6. The minimum absolute atomic E-state index is 0.0776. The van der Waals surface area contributed by atoms with E-state index >= 15 is 0 Å². The fraction of sp³-hybridized carbons (Fsp3) is 0.381. The minimum atomic E-state index is -0.797. The van der Waals surface area contributed by atoms with Gasteiger partial charge in [0.2, 0.25) is 0 Å². The summed E-state index contributed by atoms with van der Waals surface area (Å²) < 4.78 is 5.79. The van der Waals surface area contributed by atoms with Crippen molar-refractivity contribution in [3.63, 3.8) is 0 Å². The van der Waals surface area contributed by atoms with Gasteiger partial charge in [-0.25, -0.2) is 0 Å². The van der Waals surface area contributed by atoms with Gasteiger partial charge in [0.1, 0.15) is 5.75 Å². The van der Waals surface area contributed by atoms with Gasteiger partial charge in [-0.1, -0.05) is 63.2 Å². The zero-order valence-corrected chi connectivity index (χ0v) is 14.7. The molecule has 0 spiro atoms. The van der Waals surface area contributed by atoms with Gasteiger partial charge in [-0.15, -0.1) is 0 Å². The van der Waals surface area contributed by atoms with Crippen LogP contribution in [0, 0.1) is 5.41 Å². The molecule has 2 aromatic rings. The van der Waals surface area contributed by atoms with Crippen molar-refractivity contribution in [2.75, 3.05) is 6.61 Å². The van der Waals surface area contributed by atoms with Crippen LogP contribution in [0.3, 0.4) is 0 Å². The van der Waals surface area contributed by atoms with Crippen molar-refractivity contribution in [1.29, 1.82) is 0 Å². The van der Waals surface area contributed by atoms with E-state index in [-0.39, 0.29) is 17.8 Å². The van der Waals surface area contributed by atoms with Crippen LogP contribution in [-0.4, -0.2) is 17.7 Å². The first-order valence-electron chi connectivity index (χ1n) is 8.35. The standard InChI is InChI=1S/C21H26O3/c1-21(2,3)13-14-24-18-11-9-17(10-12-18)19(15-20(22)23)16-7-5-4-6-8-16/h4-12,19H,13-15H2,1-3H3,(H,22,23). The minimum Gasteiger partial charge on any atom is -0.494 e. The first-order valence-corrected chi connectivity index (χ1v) is 8.35.